The molecule has 1 aromatic rings. The maximum atomic E-state index is 13.1. The molecule has 0 radical (unpaired) electrons. The lowest BCUT2D eigenvalue weighted by molar-refractivity contribution is -0.198. The molecule has 1 aliphatic carbocycles. The average molecular weight is 340 g/mol. The fraction of sp³-hybridized carbons (Fsp3) is 0.750. The minimum Gasteiger partial charge on any atom is -0.322 e. The molecule has 3 nitrogen and oxygen atoms in total. The molecule has 3 atom stereocenters. The quantitative estimate of drug-likeness (QED) is 0.895. The molecule has 0 bridgehead atoms. The summed E-state index contributed by atoms with van der Waals surface area (Å²) in [4.78, 5) is 0. The molecule has 1 saturated carbocycles. The first-order valence-electron chi connectivity index (χ1n) is 6.32. The van der Waals surface area contributed by atoms with Gasteiger partial charge in [0.05, 0.1) is 28.3 Å². The predicted molar refractivity (Wildman–Crippen MR) is 69.3 cm³/mol. The zero-order valence-corrected chi connectivity index (χ0v) is 12.2. The van der Waals surface area contributed by atoms with Crippen LogP contribution >= 0.6 is 15.9 Å². The Labute approximate surface area is 118 Å². The number of aryl methyl sites for hydroxylation is 1. The highest BCUT2D eigenvalue weighted by Crippen LogP contribution is 2.46. The van der Waals surface area contributed by atoms with Gasteiger partial charge in [-0.2, -0.15) is 18.3 Å². The molecule has 1 fully saturated rings. The van der Waals surface area contributed by atoms with Crippen molar-refractivity contribution in [1.29, 1.82) is 0 Å². The monoisotopic (exact) mass is 339 g/mol. The van der Waals surface area contributed by atoms with E-state index < -0.39 is 24.1 Å². The number of nitrogens with two attached hydrogens (primary N) is 1. The highest BCUT2D eigenvalue weighted by molar-refractivity contribution is 9.10. The van der Waals surface area contributed by atoms with Gasteiger partial charge in [-0.3, -0.25) is 4.68 Å². The van der Waals surface area contributed by atoms with Crippen LogP contribution in [-0.2, 0) is 7.05 Å². The lowest BCUT2D eigenvalue weighted by atomic mass is 9.74. The average Bonchev–Trinajstić information content (AvgIpc) is 2.67. The molecule has 1 aliphatic rings. The smallest absolute Gasteiger partial charge is 0.322 e. The van der Waals surface area contributed by atoms with Crippen molar-refractivity contribution >= 4 is 15.9 Å². The van der Waals surface area contributed by atoms with Crippen molar-refractivity contribution in [3.63, 3.8) is 0 Å². The Hall–Kier alpha value is -0.560. The zero-order chi connectivity index (χ0) is 14.2. The number of alkyl halides is 3. The van der Waals surface area contributed by atoms with Gasteiger partial charge in [0.1, 0.15) is 0 Å². The number of hydrogen-bond donors (Lipinski definition) is 1. The summed E-state index contributed by atoms with van der Waals surface area (Å²) in [5.41, 5.74) is 6.75. The normalized spacial score (nSPS) is 26.4. The number of aromatic nitrogens is 2. The van der Waals surface area contributed by atoms with Gasteiger partial charge >= 0.3 is 6.18 Å². The van der Waals surface area contributed by atoms with E-state index in [2.05, 4.69) is 21.0 Å². The van der Waals surface area contributed by atoms with Gasteiger partial charge in [-0.15, -0.1) is 0 Å². The molecule has 1 aromatic heterocycles. The SMILES string of the molecule is Cn1ncc(Br)c1C(N)C1CCCCC1C(F)(F)F. The first-order valence-corrected chi connectivity index (χ1v) is 7.11. The van der Waals surface area contributed by atoms with Gasteiger partial charge in [-0.1, -0.05) is 12.8 Å². The van der Waals surface area contributed by atoms with Gasteiger partial charge in [0.25, 0.3) is 0 Å². The van der Waals surface area contributed by atoms with E-state index >= 15 is 0 Å². The van der Waals surface area contributed by atoms with E-state index in [-0.39, 0.29) is 6.42 Å². The summed E-state index contributed by atoms with van der Waals surface area (Å²) in [6.45, 7) is 0. The Bertz CT molecular complexity index is 424. The molecule has 3 unspecified atom stereocenters. The van der Waals surface area contributed by atoms with Crippen molar-refractivity contribution in [2.75, 3.05) is 0 Å². The molecule has 0 amide bonds. The van der Waals surface area contributed by atoms with Gasteiger partial charge < -0.3 is 5.73 Å². The molecule has 7 heteroatoms. The third-order valence-electron chi connectivity index (χ3n) is 3.95. The molecule has 2 N–H and O–H groups in total. The summed E-state index contributed by atoms with van der Waals surface area (Å²) >= 11 is 3.31. The largest absolute Gasteiger partial charge is 0.392 e. The van der Waals surface area contributed by atoms with Crippen molar-refractivity contribution < 1.29 is 13.2 Å². The molecule has 108 valence electrons. The van der Waals surface area contributed by atoms with Crippen molar-refractivity contribution in [3.05, 3.63) is 16.4 Å². The minimum absolute atomic E-state index is 0.178. The van der Waals surface area contributed by atoms with E-state index in [1.807, 2.05) is 0 Å². The second-order valence-corrected chi connectivity index (χ2v) is 5.98. The van der Waals surface area contributed by atoms with E-state index in [1.165, 1.54) is 0 Å². The van der Waals surface area contributed by atoms with Crippen LogP contribution in [0.5, 0.6) is 0 Å². The van der Waals surface area contributed by atoms with E-state index in [1.54, 1.807) is 17.9 Å². The van der Waals surface area contributed by atoms with Gasteiger partial charge in [-0.25, -0.2) is 0 Å². The molecular formula is C12H17BrF3N3. The molecule has 0 aliphatic heterocycles. The molecule has 1 heterocycles. The van der Waals surface area contributed by atoms with E-state index in [4.69, 9.17) is 5.73 Å². The molecule has 0 saturated heterocycles. The third kappa shape index (κ3) is 2.97. The zero-order valence-electron chi connectivity index (χ0n) is 10.6. The summed E-state index contributed by atoms with van der Waals surface area (Å²) in [5, 5.41) is 4.03. The Morgan fingerprint density at radius 3 is 2.58 bits per heavy atom. The Morgan fingerprint density at radius 1 is 1.42 bits per heavy atom. The van der Waals surface area contributed by atoms with Crippen molar-refractivity contribution in [2.45, 2.75) is 37.9 Å². The summed E-state index contributed by atoms with van der Waals surface area (Å²) in [6.07, 6.45) is -0.477. The molecule has 0 spiro atoms. The number of halogens is 4. The first-order chi connectivity index (χ1) is 8.82. The second-order valence-electron chi connectivity index (χ2n) is 5.12. The lowest BCUT2D eigenvalue weighted by Crippen LogP contribution is -2.39. The Balaban J connectivity index is 2.28. The molecular weight excluding hydrogens is 323 g/mol. The van der Waals surface area contributed by atoms with Crippen molar-refractivity contribution in [1.82, 2.24) is 9.78 Å². The van der Waals surface area contributed by atoms with Crippen LogP contribution < -0.4 is 5.73 Å². The van der Waals surface area contributed by atoms with E-state index in [0.717, 1.165) is 6.42 Å². The summed E-state index contributed by atoms with van der Waals surface area (Å²) in [6, 6.07) is -0.645. The molecule has 0 aromatic carbocycles. The lowest BCUT2D eigenvalue weighted by Gasteiger charge is -2.36. The maximum absolute atomic E-state index is 13.1. The van der Waals surface area contributed by atoms with Gasteiger partial charge in [0.2, 0.25) is 0 Å². The van der Waals surface area contributed by atoms with Crippen molar-refractivity contribution in [2.24, 2.45) is 24.6 Å². The highest BCUT2D eigenvalue weighted by Gasteiger charge is 2.48. The van der Waals surface area contributed by atoms with Crippen LogP contribution in [-0.4, -0.2) is 16.0 Å². The van der Waals surface area contributed by atoms with Crippen LogP contribution in [0.15, 0.2) is 10.7 Å². The number of rotatable bonds is 2. The third-order valence-corrected chi connectivity index (χ3v) is 4.57. The first kappa shape index (κ1) is 14.8. The fourth-order valence-corrected chi connectivity index (χ4v) is 3.61. The predicted octanol–water partition coefficient (Wildman–Crippen LogP) is 3.55. The van der Waals surface area contributed by atoms with Crippen LogP contribution in [0.4, 0.5) is 13.2 Å². The van der Waals surface area contributed by atoms with Gasteiger partial charge in [0.15, 0.2) is 0 Å². The van der Waals surface area contributed by atoms with Crippen LogP contribution in [0.3, 0.4) is 0 Å². The molecule has 19 heavy (non-hydrogen) atoms. The van der Waals surface area contributed by atoms with Crippen LogP contribution in [0.2, 0.25) is 0 Å². The number of nitrogens with zero attached hydrogens (tertiary/aromatic N) is 2. The van der Waals surface area contributed by atoms with Crippen LogP contribution in [0, 0.1) is 11.8 Å². The summed E-state index contributed by atoms with van der Waals surface area (Å²) in [5.74, 6) is -1.88. The topological polar surface area (TPSA) is 43.8 Å². The Kier molecular flexibility index (Phi) is 4.25. The highest BCUT2D eigenvalue weighted by atomic mass is 79.9. The van der Waals surface area contributed by atoms with E-state index in [9.17, 15) is 13.2 Å². The molecule has 2 rings (SSSR count). The maximum Gasteiger partial charge on any atom is 0.392 e. The minimum atomic E-state index is -4.17. The van der Waals surface area contributed by atoms with Crippen LogP contribution in [0.1, 0.15) is 37.4 Å². The standard InChI is InChI=1S/C12H17BrF3N3/c1-19-11(9(13)6-18-19)10(17)7-4-2-3-5-8(7)12(14,15)16/h6-8,10H,2-5,17H2,1H3. The second kappa shape index (κ2) is 5.44. The van der Waals surface area contributed by atoms with Gasteiger partial charge in [-0.05, 0) is 34.7 Å². The summed E-state index contributed by atoms with van der Waals surface area (Å²) in [7, 11) is 1.70. The van der Waals surface area contributed by atoms with Crippen molar-refractivity contribution in [3.8, 4) is 0 Å². The van der Waals surface area contributed by atoms with E-state index in [0.29, 0.717) is 23.0 Å². The van der Waals surface area contributed by atoms with Crippen LogP contribution in [0.25, 0.3) is 0 Å². The fourth-order valence-electron chi connectivity index (χ4n) is 2.99. The van der Waals surface area contributed by atoms with Gasteiger partial charge in [0, 0.05) is 7.05 Å². The number of hydrogen-bond acceptors (Lipinski definition) is 2. The summed E-state index contributed by atoms with van der Waals surface area (Å²) < 4.78 is 41.5. The Morgan fingerprint density at radius 2 is 2.05 bits per heavy atom.